The molecule has 19 heavy (non-hydrogen) atoms. The maximum absolute atomic E-state index is 12.0. The van der Waals surface area contributed by atoms with Gasteiger partial charge in [-0.25, -0.2) is 4.79 Å². The van der Waals surface area contributed by atoms with Gasteiger partial charge in [0.2, 0.25) is 0 Å². The zero-order chi connectivity index (χ0) is 13.1. The lowest BCUT2D eigenvalue weighted by Crippen LogP contribution is -2.05. The molecule has 0 fully saturated rings. The van der Waals surface area contributed by atoms with E-state index in [9.17, 15) is 4.79 Å². The van der Waals surface area contributed by atoms with E-state index in [-0.39, 0.29) is 6.61 Å². The molecular weight excluding hydrogens is 242 g/mol. The average Bonchev–Trinajstić information content (AvgIpc) is 2.90. The summed E-state index contributed by atoms with van der Waals surface area (Å²) in [6.07, 6.45) is 3.08. The molecule has 0 radical (unpaired) electrons. The van der Waals surface area contributed by atoms with Crippen LogP contribution in [0.15, 0.2) is 54.9 Å². The van der Waals surface area contributed by atoms with Gasteiger partial charge in [-0.05, 0) is 17.7 Å². The third kappa shape index (κ3) is 2.30. The summed E-state index contributed by atoms with van der Waals surface area (Å²) < 4.78 is 6.66. The number of hydrogen-bond donors (Lipinski definition) is 0. The Balaban J connectivity index is 1.77. The summed E-state index contributed by atoms with van der Waals surface area (Å²) in [5, 5.41) is 8.00. The maximum atomic E-state index is 12.0. The Morgan fingerprint density at radius 1 is 1.11 bits per heavy atom. The predicted molar refractivity (Wildman–Crippen MR) is 68.5 cm³/mol. The third-order valence-corrected chi connectivity index (χ3v) is 2.74. The smallest absolute Gasteiger partial charge is 0.342 e. The molecule has 0 spiro atoms. The Morgan fingerprint density at radius 3 is 2.79 bits per heavy atom. The number of hydrogen-bond acceptors (Lipinski definition) is 4. The van der Waals surface area contributed by atoms with Gasteiger partial charge in [0.15, 0.2) is 0 Å². The van der Waals surface area contributed by atoms with E-state index in [0.29, 0.717) is 11.1 Å². The molecule has 0 saturated carbocycles. The van der Waals surface area contributed by atoms with Crippen molar-refractivity contribution in [2.75, 3.05) is 0 Å². The largest absolute Gasteiger partial charge is 0.457 e. The molecule has 0 bridgehead atoms. The van der Waals surface area contributed by atoms with E-state index in [2.05, 4.69) is 10.2 Å². The number of rotatable bonds is 3. The number of carbonyl (C=O) groups is 1. The van der Waals surface area contributed by atoms with Gasteiger partial charge in [-0.15, -0.1) is 0 Å². The van der Waals surface area contributed by atoms with Crippen LogP contribution in [0.5, 0.6) is 0 Å². The van der Waals surface area contributed by atoms with Crippen molar-refractivity contribution in [1.29, 1.82) is 0 Å². The van der Waals surface area contributed by atoms with E-state index in [1.807, 2.05) is 30.3 Å². The van der Waals surface area contributed by atoms with Crippen molar-refractivity contribution in [1.82, 2.24) is 14.8 Å². The van der Waals surface area contributed by atoms with Crippen LogP contribution in [0.25, 0.3) is 5.52 Å². The second-order valence-corrected chi connectivity index (χ2v) is 4.02. The number of nitrogens with zero attached hydrogens (tertiary/aromatic N) is 3. The van der Waals surface area contributed by atoms with Crippen LogP contribution in [0.2, 0.25) is 0 Å². The highest BCUT2D eigenvalue weighted by Crippen LogP contribution is 2.11. The van der Waals surface area contributed by atoms with Crippen LogP contribution in [-0.2, 0) is 11.3 Å². The molecule has 1 aromatic carbocycles. The molecule has 0 atom stereocenters. The van der Waals surface area contributed by atoms with Gasteiger partial charge in [-0.2, -0.15) is 14.8 Å². The summed E-state index contributed by atoms with van der Waals surface area (Å²) in [5.74, 6) is -0.396. The van der Waals surface area contributed by atoms with Gasteiger partial charge in [-0.3, -0.25) is 0 Å². The fourth-order valence-electron chi connectivity index (χ4n) is 1.79. The Bertz CT molecular complexity index is 707. The molecule has 2 heterocycles. The first kappa shape index (κ1) is 11.4. The molecule has 0 saturated heterocycles. The van der Waals surface area contributed by atoms with E-state index in [1.165, 1.54) is 10.8 Å². The van der Waals surface area contributed by atoms with Crippen LogP contribution in [0.1, 0.15) is 15.9 Å². The molecule has 3 aromatic rings. The number of esters is 1. The van der Waals surface area contributed by atoms with Crippen molar-refractivity contribution >= 4 is 11.5 Å². The highest BCUT2D eigenvalue weighted by atomic mass is 16.5. The van der Waals surface area contributed by atoms with Crippen molar-refractivity contribution in [2.45, 2.75) is 6.61 Å². The van der Waals surface area contributed by atoms with Gasteiger partial charge in [0, 0.05) is 6.20 Å². The number of benzene rings is 1. The molecule has 0 amide bonds. The minimum atomic E-state index is -0.396. The second-order valence-electron chi connectivity index (χ2n) is 4.02. The molecule has 0 aliphatic carbocycles. The van der Waals surface area contributed by atoms with Gasteiger partial charge < -0.3 is 4.74 Å². The highest BCUT2D eigenvalue weighted by Gasteiger charge is 2.14. The molecule has 3 rings (SSSR count). The van der Waals surface area contributed by atoms with Crippen LogP contribution in [-0.4, -0.2) is 20.8 Å². The molecule has 0 aliphatic rings. The van der Waals surface area contributed by atoms with Gasteiger partial charge in [0.05, 0.1) is 6.20 Å². The van der Waals surface area contributed by atoms with E-state index in [0.717, 1.165) is 5.56 Å². The Kier molecular flexibility index (Phi) is 2.94. The Labute approximate surface area is 109 Å². The first-order valence-corrected chi connectivity index (χ1v) is 5.85. The molecule has 2 aromatic heterocycles. The number of ether oxygens (including phenoxy) is 1. The third-order valence-electron chi connectivity index (χ3n) is 2.74. The van der Waals surface area contributed by atoms with Crippen LogP contribution >= 0.6 is 0 Å². The second kappa shape index (κ2) is 4.89. The lowest BCUT2D eigenvalue weighted by Gasteiger charge is -2.03. The van der Waals surface area contributed by atoms with Crippen LogP contribution in [0, 0.1) is 0 Å². The number of carbonyl (C=O) groups excluding carboxylic acids is 1. The summed E-state index contributed by atoms with van der Waals surface area (Å²) in [6.45, 7) is 0.247. The Hall–Kier alpha value is -2.69. The van der Waals surface area contributed by atoms with Crippen LogP contribution in [0.4, 0.5) is 0 Å². The summed E-state index contributed by atoms with van der Waals surface area (Å²) >= 11 is 0. The minimum Gasteiger partial charge on any atom is -0.457 e. The fourth-order valence-corrected chi connectivity index (χ4v) is 1.79. The first-order chi connectivity index (χ1) is 9.34. The van der Waals surface area contributed by atoms with E-state index in [4.69, 9.17) is 4.74 Å². The highest BCUT2D eigenvalue weighted by molar-refractivity contribution is 5.96. The summed E-state index contributed by atoms with van der Waals surface area (Å²) in [4.78, 5) is 12.0. The molecule has 94 valence electrons. The quantitative estimate of drug-likeness (QED) is 0.671. The molecule has 0 aliphatic heterocycles. The van der Waals surface area contributed by atoms with E-state index < -0.39 is 5.97 Å². The van der Waals surface area contributed by atoms with Gasteiger partial charge in [0.25, 0.3) is 0 Å². The fraction of sp³-hybridized carbons (Fsp3) is 0.0714. The van der Waals surface area contributed by atoms with Crippen molar-refractivity contribution in [3.05, 3.63) is 66.0 Å². The lowest BCUT2D eigenvalue weighted by molar-refractivity contribution is 0.0475. The summed E-state index contributed by atoms with van der Waals surface area (Å²) in [5.41, 5.74) is 2.01. The molecule has 5 nitrogen and oxygen atoms in total. The monoisotopic (exact) mass is 253 g/mol. The van der Waals surface area contributed by atoms with E-state index in [1.54, 1.807) is 18.3 Å². The number of fused-ring (bicyclic) bond motifs is 1. The van der Waals surface area contributed by atoms with Gasteiger partial charge in [0.1, 0.15) is 17.7 Å². The molecule has 5 heteroatoms. The zero-order valence-electron chi connectivity index (χ0n) is 10.1. The van der Waals surface area contributed by atoms with Crippen molar-refractivity contribution < 1.29 is 9.53 Å². The van der Waals surface area contributed by atoms with Gasteiger partial charge >= 0.3 is 5.97 Å². The molecule has 0 N–H and O–H groups in total. The maximum Gasteiger partial charge on any atom is 0.342 e. The SMILES string of the molecule is O=C(OCc1ccccc1)c1cnn2ncccc12. The van der Waals surface area contributed by atoms with Crippen molar-refractivity contribution in [3.63, 3.8) is 0 Å². The van der Waals surface area contributed by atoms with Crippen LogP contribution in [0.3, 0.4) is 0 Å². The Morgan fingerprint density at radius 2 is 1.95 bits per heavy atom. The summed E-state index contributed by atoms with van der Waals surface area (Å²) in [6, 6.07) is 13.1. The molecule has 0 unspecified atom stereocenters. The lowest BCUT2D eigenvalue weighted by atomic mass is 10.2. The normalized spacial score (nSPS) is 10.5. The minimum absolute atomic E-state index is 0.247. The van der Waals surface area contributed by atoms with Crippen molar-refractivity contribution in [3.8, 4) is 0 Å². The van der Waals surface area contributed by atoms with E-state index >= 15 is 0 Å². The average molecular weight is 253 g/mol. The van der Waals surface area contributed by atoms with Crippen LogP contribution < -0.4 is 0 Å². The first-order valence-electron chi connectivity index (χ1n) is 5.85. The topological polar surface area (TPSA) is 56.5 Å². The van der Waals surface area contributed by atoms with Gasteiger partial charge in [-0.1, -0.05) is 30.3 Å². The van der Waals surface area contributed by atoms with Crippen molar-refractivity contribution in [2.24, 2.45) is 0 Å². The standard InChI is InChI=1S/C14H11N3O2/c18-14(19-10-11-5-2-1-3-6-11)12-9-16-17-13(12)7-4-8-15-17/h1-9H,10H2. The molecular formula is C14H11N3O2. The zero-order valence-corrected chi connectivity index (χ0v) is 10.1. The summed E-state index contributed by atoms with van der Waals surface area (Å²) in [7, 11) is 0. The number of aromatic nitrogens is 3. The predicted octanol–water partition coefficient (Wildman–Crippen LogP) is 2.09.